The van der Waals surface area contributed by atoms with Crippen LogP contribution in [-0.2, 0) is 17.6 Å². The summed E-state index contributed by atoms with van der Waals surface area (Å²) in [5.74, 6) is -0.715. The first kappa shape index (κ1) is 20.8. The van der Waals surface area contributed by atoms with Crippen LogP contribution in [0.1, 0.15) is 44.0 Å². The molecule has 8 heteroatoms. The summed E-state index contributed by atoms with van der Waals surface area (Å²) in [6.07, 6.45) is 4.59. The molecule has 1 N–H and O–H groups in total. The number of carbonyl (C=O) groups excluding carboxylic acids is 2. The van der Waals surface area contributed by atoms with Crippen molar-refractivity contribution in [2.75, 3.05) is 12.4 Å². The summed E-state index contributed by atoms with van der Waals surface area (Å²) in [7, 11) is 1.36. The zero-order valence-electron chi connectivity index (χ0n) is 15.5. The van der Waals surface area contributed by atoms with Crippen molar-refractivity contribution in [3.63, 3.8) is 0 Å². The Morgan fingerprint density at radius 3 is 2.55 bits per heavy atom. The average Bonchev–Trinajstić information content (AvgIpc) is 3.30. The number of halogens is 2. The molecule has 0 aliphatic heterocycles. The lowest BCUT2D eigenvalue weighted by Crippen LogP contribution is -2.13. The van der Waals surface area contributed by atoms with Gasteiger partial charge >= 0.3 is 5.97 Å². The summed E-state index contributed by atoms with van der Waals surface area (Å²) < 4.78 is 6.69. The normalized spacial score (nSPS) is 13.1. The summed E-state index contributed by atoms with van der Waals surface area (Å²) in [6, 6.07) is 8.13. The summed E-state index contributed by atoms with van der Waals surface area (Å²) in [5, 5.41) is 5.29. The fourth-order valence-corrected chi connectivity index (χ4v) is 6.37. The van der Waals surface area contributed by atoms with Gasteiger partial charge in [0.15, 0.2) is 0 Å². The highest BCUT2D eigenvalue weighted by molar-refractivity contribution is 9.13. The number of esters is 1. The third-order valence-electron chi connectivity index (χ3n) is 4.94. The molecule has 1 aromatic carbocycles. The number of aryl methyl sites for hydroxylation is 2. The van der Waals surface area contributed by atoms with Crippen LogP contribution in [0.15, 0.2) is 37.9 Å². The molecular formula is C21H17Br2NO3S2. The van der Waals surface area contributed by atoms with Crippen molar-refractivity contribution >= 4 is 71.4 Å². The Morgan fingerprint density at radius 2 is 1.86 bits per heavy atom. The molecule has 0 bridgehead atoms. The minimum atomic E-state index is -0.456. The molecule has 0 atom stereocenters. The molecule has 29 heavy (non-hydrogen) atoms. The van der Waals surface area contributed by atoms with Gasteiger partial charge in [-0.1, -0.05) is 18.2 Å². The molecule has 0 fully saturated rings. The lowest BCUT2D eigenvalue weighted by atomic mass is 9.89. The number of nitrogens with one attached hydrogen (secondary N) is 1. The molecule has 0 radical (unpaired) electrons. The van der Waals surface area contributed by atoms with Gasteiger partial charge in [-0.3, -0.25) is 4.79 Å². The minimum Gasteiger partial charge on any atom is -0.465 e. The van der Waals surface area contributed by atoms with Crippen LogP contribution in [0.25, 0.3) is 11.1 Å². The maximum Gasteiger partial charge on any atom is 0.341 e. The standard InChI is InChI=1S/C21H17Br2NO3S2/c1-27-21(26)17-14(13-7-6-11-4-2-3-5-12(11)8-13)10-28-20(17)24-19(25)16-9-15(22)18(23)29-16/h6-10H,2-5H2,1H3,(H,24,25). The van der Waals surface area contributed by atoms with Gasteiger partial charge in [0.1, 0.15) is 10.6 Å². The quantitative estimate of drug-likeness (QED) is 0.356. The number of hydrogen-bond acceptors (Lipinski definition) is 5. The van der Waals surface area contributed by atoms with Crippen LogP contribution in [0.2, 0.25) is 0 Å². The molecule has 2 aromatic heterocycles. The largest absolute Gasteiger partial charge is 0.465 e. The van der Waals surface area contributed by atoms with Gasteiger partial charge in [0.05, 0.1) is 15.8 Å². The number of anilines is 1. The highest BCUT2D eigenvalue weighted by Crippen LogP contribution is 2.39. The van der Waals surface area contributed by atoms with E-state index in [2.05, 4.69) is 55.4 Å². The first-order valence-electron chi connectivity index (χ1n) is 9.06. The Balaban J connectivity index is 1.70. The van der Waals surface area contributed by atoms with Crippen molar-refractivity contribution in [1.82, 2.24) is 0 Å². The van der Waals surface area contributed by atoms with E-state index >= 15 is 0 Å². The molecule has 4 nitrogen and oxygen atoms in total. The Hall–Kier alpha value is -1.48. The number of hydrogen-bond donors (Lipinski definition) is 1. The van der Waals surface area contributed by atoms with Gasteiger partial charge in [0.25, 0.3) is 5.91 Å². The van der Waals surface area contributed by atoms with Crippen LogP contribution in [0.3, 0.4) is 0 Å². The van der Waals surface area contributed by atoms with Crippen molar-refractivity contribution < 1.29 is 14.3 Å². The lowest BCUT2D eigenvalue weighted by Gasteiger charge is -2.16. The number of methoxy groups -OCH3 is 1. The van der Waals surface area contributed by atoms with Gasteiger partial charge in [-0.05, 0) is 80.3 Å². The topological polar surface area (TPSA) is 55.4 Å². The van der Waals surface area contributed by atoms with E-state index in [0.717, 1.165) is 32.2 Å². The van der Waals surface area contributed by atoms with Crippen molar-refractivity contribution in [2.24, 2.45) is 0 Å². The SMILES string of the molecule is COC(=O)c1c(-c2ccc3c(c2)CCCC3)csc1NC(=O)c1cc(Br)c(Br)s1. The molecule has 3 aromatic rings. The number of ether oxygens (including phenoxy) is 1. The third-order valence-corrected chi connectivity index (χ3v) is 9.09. The van der Waals surface area contributed by atoms with Crippen LogP contribution in [-0.4, -0.2) is 19.0 Å². The van der Waals surface area contributed by atoms with Gasteiger partial charge in [-0.15, -0.1) is 22.7 Å². The fourth-order valence-electron chi connectivity index (χ4n) is 3.49. The van der Waals surface area contributed by atoms with E-state index in [0.29, 0.717) is 15.4 Å². The molecule has 1 aliphatic carbocycles. The van der Waals surface area contributed by atoms with Crippen molar-refractivity contribution in [3.8, 4) is 11.1 Å². The molecule has 0 saturated carbocycles. The minimum absolute atomic E-state index is 0.259. The van der Waals surface area contributed by atoms with Crippen molar-refractivity contribution in [2.45, 2.75) is 25.7 Å². The number of carbonyl (C=O) groups is 2. The summed E-state index contributed by atoms with van der Waals surface area (Å²) >= 11 is 9.46. The smallest absolute Gasteiger partial charge is 0.341 e. The summed E-state index contributed by atoms with van der Waals surface area (Å²) in [5.41, 5.74) is 4.90. The van der Waals surface area contributed by atoms with Gasteiger partial charge in [-0.25, -0.2) is 4.79 Å². The Labute approximate surface area is 193 Å². The molecule has 0 saturated heterocycles. The zero-order valence-corrected chi connectivity index (χ0v) is 20.3. The number of benzene rings is 1. The van der Waals surface area contributed by atoms with E-state index in [9.17, 15) is 9.59 Å². The van der Waals surface area contributed by atoms with E-state index in [1.165, 1.54) is 53.8 Å². The molecule has 150 valence electrons. The monoisotopic (exact) mass is 553 g/mol. The molecular weight excluding hydrogens is 538 g/mol. The van der Waals surface area contributed by atoms with E-state index in [-0.39, 0.29) is 5.91 Å². The first-order chi connectivity index (χ1) is 14.0. The van der Waals surface area contributed by atoms with Gasteiger partial charge in [0, 0.05) is 15.4 Å². The average molecular weight is 555 g/mol. The van der Waals surface area contributed by atoms with Gasteiger partial charge in [0.2, 0.25) is 0 Å². The Bertz CT molecular complexity index is 1080. The van der Waals surface area contributed by atoms with E-state index in [1.54, 1.807) is 6.07 Å². The van der Waals surface area contributed by atoms with Crippen molar-refractivity contribution in [3.05, 3.63) is 59.5 Å². The van der Waals surface area contributed by atoms with Crippen LogP contribution < -0.4 is 5.32 Å². The molecule has 1 aliphatic rings. The Kier molecular flexibility index (Phi) is 6.24. The number of rotatable bonds is 4. The maximum atomic E-state index is 12.7. The highest BCUT2D eigenvalue weighted by atomic mass is 79.9. The van der Waals surface area contributed by atoms with Gasteiger partial charge < -0.3 is 10.1 Å². The fraction of sp³-hybridized carbons (Fsp3) is 0.238. The predicted octanol–water partition coefficient (Wildman–Crippen LogP) is 6.92. The second-order valence-corrected chi connectivity index (χ2v) is 10.8. The van der Waals surface area contributed by atoms with E-state index in [4.69, 9.17) is 4.74 Å². The van der Waals surface area contributed by atoms with Crippen LogP contribution in [0, 0.1) is 0 Å². The number of fused-ring (bicyclic) bond motifs is 1. The first-order valence-corrected chi connectivity index (χ1v) is 12.3. The highest BCUT2D eigenvalue weighted by Gasteiger charge is 2.24. The zero-order chi connectivity index (χ0) is 20.5. The maximum absolute atomic E-state index is 12.7. The van der Waals surface area contributed by atoms with E-state index < -0.39 is 5.97 Å². The molecule has 4 rings (SSSR count). The molecule has 2 heterocycles. The van der Waals surface area contributed by atoms with Crippen LogP contribution in [0.4, 0.5) is 5.00 Å². The molecule has 0 unspecified atom stereocenters. The molecule has 0 spiro atoms. The van der Waals surface area contributed by atoms with Gasteiger partial charge in [-0.2, -0.15) is 0 Å². The number of amides is 1. The van der Waals surface area contributed by atoms with Crippen LogP contribution in [0.5, 0.6) is 0 Å². The second kappa shape index (κ2) is 8.71. The second-order valence-electron chi connectivity index (χ2n) is 6.72. The number of thiophene rings is 2. The third kappa shape index (κ3) is 4.21. The summed E-state index contributed by atoms with van der Waals surface area (Å²) in [4.78, 5) is 25.8. The van der Waals surface area contributed by atoms with Crippen molar-refractivity contribution in [1.29, 1.82) is 0 Å². The summed E-state index contributed by atoms with van der Waals surface area (Å²) in [6.45, 7) is 0. The predicted molar refractivity (Wildman–Crippen MR) is 125 cm³/mol. The molecule has 1 amide bonds. The van der Waals surface area contributed by atoms with Crippen LogP contribution >= 0.6 is 54.5 Å². The van der Waals surface area contributed by atoms with E-state index in [1.807, 2.05) is 5.38 Å². The lowest BCUT2D eigenvalue weighted by molar-refractivity contribution is 0.0603. The Morgan fingerprint density at radius 1 is 1.10 bits per heavy atom.